The first-order chi connectivity index (χ1) is 7.66. The Morgan fingerprint density at radius 1 is 1.38 bits per heavy atom. The first kappa shape index (κ1) is 12.1. The van der Waals surface area contributed by atoms with Gasteiger partial charge in [-0.15, -0.1) is 0 Å². The summed E-state index contributed by atoms with van der Waals surface area (Å²) in [5.41, 5.74) is 1.05. The smallest absolute Gasteiger partial charge is 0.0818 e. The lowest BCUT2D eigenvalue weighted by Crippen LogP contribution is -2.20. The van der Waals surface area contributed by atoms with E-state index in [0.29, 0.717) is 5.92 Å². The Hall–Kier alpha value is -0.340. The Morgan fingerprint density at radius 3 is 2.88 bits per heavy atom. The molecule has 0 amide bonds. The molecule has 1 aromatic rings. The molecule has 0 spiro atoms. The summed E-state index contributed by atoms with van der Waals surface area (Å²) in [6, 6.07) is 8.05. The maximum Gasteiger partial charge on any atom is 0.0818 e. The normalized spacial score (nSPS) is 27.7. The predicted molar refractivity (Wildman–Crippen MR) is 70.2 cm³/mol. The summed E-state index contributed by atoms with van der Waals surface area (Å²) in [6.07, 6.45) is 4.62. The van der Waals surface area contributed by atoms with E-state index in [9.17, 15) is 5.11 Å². The van der Waals surface area contributed by atoms with Crippen molar-refractivity contribution in [3.05, 3.63) is 34.3 Å². The summed E-state index contributed by atoms with van der Waals surface area (Å²) in [4.78, 5) is 0. The number of aliphatic hydroxyl groups excluding tert-OH is 1. The number of hydrogen-bond donors (Lipinski definition) is 1. The molecular weight excluding hydrogens is 264 g/mol. The molecule has 0 heterocycles. The number of benzene rings is 1. The van der Waals surface area contributed by atoms with Crippen molar-refractivity contribution in [1.82, 2.24) is 0 Å². The van der Waals surface area contributed by atoms with Crippen LogP contribution in [0.5, 0.6) is 0 Å². The SMILES string of the molecule is CC1CCCC(C(O)c2cccc(Br)c2)C1. The fourth-order valence-corrected chi connectivity index (χ4v) is 3.15. The molecule has 1 N–H and O–H groups in total. The molecule has 1 saturated carbocycles. The average molecular weight is 283 g/mol. The van der Waals surface area contributed by atoms with E-state index >= 15 is 0 Å². The number of rotatable bonds is 2. The van der Waals surface area contributed by atoms with Gasteiger partial charge in [0.05, 0.1) is 6.10 Å². The minimum atomic E-state index is -0.291. The van der Waals surface area contributed by atoms with Crippen molar-refractivity contribution in [2.75, 3.05) is 0 Å². The van der Waals surface area contributed by atoms with Gasteiger partial charge < -0.3 is 5.11 Å². The Morgan fingerprint density at radius 2 is 2.19 bits per heavy atom. The third-order valence-corrected chi connectivity index (χ3v) is 4.11. The second-order valence-electron chi connectivity index (χ2n) is 5.03. The van der Waals surface area contributed by atoms with Crippen molar-refractivity contribution in [3.63, 3.8) is 0 Å². The molecule has 1 aliphatic rings. The number of halogens is 1. The summed E-state index contributed by atoms with van der Waals surface area (Å²) in [5.74, 6) is 1.21. The first-order valence-corrected chi connectivity index (χ1v) is 6.89. The number of hydrogen-bond acceptors (Lipinski definition) is 1. The molecule has 3 unspecified atom stereocenters. The third-order valence-electron chi connectivity index (χ3n) is 3.61. The van der Waals surface area contributed by atoms with Crippen molar-refractivity contribution < 1.29 is 5.11 Å². The van der Waals surface area contributed by atoms with Crippen LogP contribution < -0.4 is 0 Å². The highest BCUT2D eigenvalue weighted by Crippen LogP contribution is 2.37. The van der Waals surface area contributed by atoms with Crippen molar-refractivity contribution >= 4 is 15.9 Å². The van der Waals surface area contributed by atoms with E-state index in [0.717, 1.165) is 28.8 Å². The molecule has 3 atom stereocenters. The van der Waals surface area contributed by atoms with Gasteiger partial charge in [-0.05, 0) is 42.4 Å². The molecule has 0 aromatic heterocycles. The Labute approximate surface area is 106 Å². The van der Waals surface area contributed by atoms with Crippen LogP contribution in [0.15, 0.2) is 28.7 Å². The topological polar surface area (TPSA) is 20.2 Å². The van der Waals surface area contributed by atoms with Crippen LogP contribution in [0.3, 0.4) is 0 Å². The molecule has 2 rings (SSSR count). The van der Waals surface area contributed by atoms with Crippen LogP contribution in [-0.4, -0.2) is 5.11 Å². The Kier molecular flexibility index (Phi) is 4.04. The van der Waals surface area contributed by atoms with Gasteiger partial charge in [0.25, 0.3) is 0 Å². The summed E-state index contributed by atoms with van der Waals surface area (Å²) in [6.45, 7) is 2.29. The molecular formula is C14H19BrO. The summed E-state index contributed by atoms with van der Waals surface area (Å²) < 4.78 is 1.05. The van der Waals surface area contributed by atoms with Crippen molar-refractivity contribution in [2.24, 2.45) is 11.8 Å². The first-order valence-electron chi connectivity index (χ1n) is 6.10. The van der Waals surface area contributed by atoms with Crippen molar-refractivity contribution in [2.45, 2.75) is 38.7 Å². The molecule has 0 aliphatic heterocycles. The standard InChI is InChI=1S/C14H19BrO/c1-10-4-2-5-11(8-10)14(16)12-6-3-7-13(15)9-12/h3,6-7,9-11,14,16H,2,4-5,8H2,1H3. The average Bonchev–Trinajstić information content (AvgIpc) is 2.28. The Bertz CT molecular complexity index is 350. The van der Waals surface area contributed by atoms with E-state index in [1.807, 2.05) is 24.3 Å². The lowest BCUT2D eigenvalue weighted by Gasteiger charge is -2.30. The van der Waals surface area contributed by atoms with Gasteiger partial charge in [0.1, 0.15) is 0 Å². The minimum absolute atomic E-state index is 0.291. The fourth-order valence-electron chi connectivity index (χ4n) is 2.73. The molecule has 0 saturated heterocycles. The van der Waals surface area contributed by atoms with Gasteiger partial charge in [-0.25, -0.2) is 0 Å². The van der Waals surface area contributed by atoms with Crippen LogP contribution in [0.1, 0.15) is 44.3 Å². The van der Waals surface area contributed by atoms with E-state index in [2.05, 4.69) is 22.9 Å². The van der Waals surface area contributed by atoms with Crippen LogP contribution in [0.25, 0.3) is 0 Å². The van der Waals surface area contributed by atoms with Crippen LogP contribution in [-0.2, 0) is 0 Å². The van der Waals surface area contributed by atoms with Crippen molar-refractivity contribution in [3.8, 4) is 0 Å². The molecule has 0 radical (unpaired) electrons. The third kappa shape index (κ3) is 2.86. The lowest BCUT2D eigenvalue weighted by atomic mass is 9.78. The summed E-state index contributed by atoms with van der Waals surface area (Å²) in [7, 11) is 0. The van der Waals surface area contributed by atoms with Crippen molar-refractivity contribution in [1.29, 1.82) is 0 Å². The summed E-state index contributed by atoms with van der Waals surface area (Å²) >= 11 is 3.46. The van der Waals surface area contributed by atoms with E-state index < -0.39 is 0 Å². The molecule has 1 nitrogen and oxygen atoms in total. The molecule has 1 aromatic carbocycles. The second kappa shape index (κ2) is 5.33. The van der Waals surface area contributed by atoms with E-state index in [4.69, 9.17) is 0 Å². The minimum Gasteiger partial charge on any atom is -0.388 e. The molecule has 1 fully saturated rings. The van der Waals surface area contributed by atoms with Gasteiger partial charge >= 0.3 is 0 Å². The molecule has 88 valence electrons. The molecule has 1 aliphatic carbocycles. The zero-order valence-electron chi connectivity index (χ0n) is 9.70. The van der Waals surface area contributed by atoms with E-state index in [1.165, 1.54) is 12.8 Å². The highest BCUT2D eigenvalue weighted by Gasteiger charge is 2.26. The zero-order valence-corrected chi connectivity index (χ0v) is 11.3. The van der Waals surface area contributed by atoms with Crippen LogP contribution in [0, 0.1) is 11.8 Å². The van der Waals surface area contributed by atoms with E-state index in [1.54, 1.807) is 0 Å². The molecule has 16 heavy (non-hydrogen) atoms. The largest absolute Gasteiger partial charge is 0.388 e. The van der Waals surface area contributed by atoms with Gasteiger partial charge in [0, 0.05) is 4.47 Å². The lowest BCUT2D eigenvalue weighted by molar-refractivity contribution is 0.0714. The van der Waals surface area contributed by atoms with Gasteiger partial charge in [-0.3, -0.25) is 0 Å². The van der Waals surface area contributed by atoms with Gasteiger partial charge in [-0.1, -0.05) is 47.8 Å². The fraction of sp³-hybridized carbons (Fsp3) is 0.571. The summed E-state index contributed by atoms with van der Waals surface area (Å²) in [5, 5.41) is 10.4. The maximum atomic E-state index is 10.4. The van der Waals surface area contributed by atoms with E-state index in [-0.39, 0.29) is 6.10 Å². The van der Waals surface area contributed by atoms with Gasteiger partial charge in [0.15, 0.2) is 0 Å². The zero-order chi connectivity index (χ0) is 11.5. The highest BCUT2D eigenvalue weighted by molar-refractivity contribution is 9.10. The highest BCUT2D eigenvalue weighted by atomic mass is 79.9. The van der Waals surface area contributed by atoms with Gasteiger partial charge in [0.2, 0.25) is 0 Å². The predicted octanol–water partition coefficient (Wildman–Crippen LogP) is 4.31. The van der Waals surface area contributed by atoms with Crippen LogP contribution >= 0.6 is 15.9 Å². The van der Waals surface area contributed by atoms with Crippen LogP contribution in [0.4, 0.5) is 0 Å². The maximum absolute atomic E-state index is 10.4. The van der Waals surface area contributed by atoms with Gasteiger partial charge in [-0.2, -0.15) is 0 Å². The second-order valence-corrected chi connectivity index (χ2v) is 5.95. The monoisotopic (exact) mass is 282 g/mol. The number of aliphatic hydroxyl groups is 1. The Balaban J connectivity index is 2.09. The molecule has 0 bridgehead atoms. The quantitative estimate of drug-likeness (QED) is 0.857. The van der Waals surface area contributed by atoms with Crippen LogP contribution in [0.2, 0.25) is 0 Å². The molecule has 2 heteroatoms.